The minimum atomic E-state index is -6.00. The van der Waals surface area contributed by atoms with Gasteiger partial charge in [-0.3, -0.25) is 0 Å². The summed E-state index contributed by atoms with van der Waals surface area (Å²) in [5, 5.41) is 0. The maximum absolute atomic E-state index is 12.4. The molecule has 1 aliphatic heterocycles. The Kier molecular flexibility index (Phi) is 6.30. The molecule has 0 aliphatic carbocycles. The summed E-state index contributed by atoms with van der Waals surface area (Å²) in [6, 6.07) is 7.19. The molecule has 168 valence electrons. The molecule has 0 bridgehead atoms. The Bertz CT molecular complexity index is 1100. The fraction of sp³-hybridized carbons (Fsp3) is 0.294. The Balaban J connectivity index is 0.000000491. The van der Waals surface area contributed by atoms with E-state index in [1.54, 1.807) is 26.3 Å². The Labute approximate surface area is 176 Å². The number of rotatable bonds is 3. The molecule has 0 atom stereocenters. The summed E-state index contributed by atoms with van der Waals surface area (Å²) in [7, 11) is -4.39. The first-order chi connectivity index (χ1) is 14.4. The van der Waals surface area contributed by atoms with Gasteiger partial charge in [-0.15, -0.1) is 0 Å². The lowest BCUT2D eigenvalue weighted by molar-refractivity contribution is -0.612. The van der Waals surface area contributed by atoms with Crippen LogP contribution < -0.4 is 14.0 Å². The smallest absolute Gasteiger partial charge is 0.497 e. The van der Waals surface area contributed by atoms with Crippen LogP contribution in [-0.2, 0) is 5.75 Å². The molecule has 0 N–H and O–H groups in total. The molecule has 0 saturated heterocycles. The number of hydrogen-bond donors (Lipinski definition) is 0. The van der Waals surface area contributed by atoms with Gasteiger partial charge in [0, 0.05) is 29.6 Å². The molecule has 1 aliphatic rings. The third-order valence-corrected chi connectivity index (χ3v) is 5.23. The zero-order valence-corrected chi connectivity index (χ0v) is 16.9. The number of hydrogen-bond acceptors (Lipinski definition) is 4. The highest BCUT2D eigenvalue weighted by molar-refractivity contribution is 7.97. The monoisotopic (exact) mass is 469 g/mol. The van der Waals surface area contributed by atoms with Gasteiger partial charge in [0.1, 0.15) is 17.2 Å². The molecule has 4 rings (SSSR count). The van der Waals surface area contributed by atoms with E-state index in [1.807, 2.05) is 26.7 Å². The van der Waals surface area contributed by atoms with Crippen molar-refractivity contribution >= 4 is 30.2 Å². The van der Waals surface area contributed by atoms with Crippen molar-refractivity contribution in [3.63, 3.8) is 0 Å². The third kappa shape index (κ3) is 5.54. The number of alkyl halides is 3. The molecule has 31 heavy (non-hydrogen) atoms. The molecule has 14 heteroatoms. The Morgan fingerprint density at radius 3 is 2.48 bits per heavy atom. The number of halogens is 7. The SMILES string of the molecule is COc1ccc2nc3n(c2c1)SCc1c(C)c(OCC(F)(F)F)cc[n+]1-3.F[B-](F)(F)F. The van der Waals surface area contributed by atoms with Gasteiger partial charge in [-0.25, -0.2) is 4.57 Å². The number of aromatic nitrogens is 3. The van der Waals surface area contributed by atoms with Gasteiger partial charge in [-0.2, -0.15) is 17.1 Å². The fourth-order valence-corrected chi connectivity index (χ4v) is 4.05. The first kappa shape index (κ1) is 23.0. The van der Waals surface area contributed by atoms with Crippen LogP contribution >= 0.6 is 11.9 Å². The lowest BCUT2D eigenvalue weighted by Gasteiger charge is -2.18. The normalized spacial score (nSPS) is 13.2. The van der Waals surface area contributed by atoms with E-state index < -0.39 is 20.0 Å². The molecule has 0 radical (unpaired) electrons. The van der Waals surface area contributed by atoms with Crippen LogP contribution in [0.2, 0.25) is 0 Å². The molecular weight excluding hydrogens is 454 g/mol. The summed E-state index contributed by atoms with van der Waals surface area (Å²) >= 11 is 1.53. The van der Waals surface area contributed by atoms with Crippen LogP contribution in [0, 0.1) is 6.92 Å². The van der Waals surface area contributed by atoms with Crippen molar-refractivity contribution in [3.8, 4) is 17.4 Å². The van der Waals surface area contributed by atoms with E-state index in [9.17, 15) is 30.4 Å². The summed E-state index contributed by atoms with van der Waals surface area (Å²) in [6.45, 7) is 0.461. The summed E-state index contributed by atoms with van der Waals surface area (Å²) in [6.07, 6.45) is -2.67. The highest BCUT2D eigenvalue weighted by Gasteiger charge is 2.33. The first-order valence-corrected chi connectivity index (χ1v) is 9.63. The largest absolute Gasteiger partial charge is 0.673 e. The minimum absolute atomic E-state index is 0.236. The molecule has 2 aromatic heterocycles. The van der Waals surface area contributed by atoms with Crippen LogP contribution in [0.15, 0.2) is 30.5 Å². The van der Waals surface area contributed by atoms with E-state index in [0.29, 0.717) is 17.3 Å². The lowest BCUT2D eigenvalue weighted by atomic mass is 10.2. The maximum atomic E-state index is 12.4. The summed E-state index contributed by atoms with van der Waals surface area (Å²) in [5.41, 5.74) is 3.30. The van der Waals surface area contributed by atoms with Crippen LogP contribution in [0.3, 0.4) is 0 Å². The van der Waals surface area contributed by atoms with Crippen LogP contribution in [0.25, 0.3) is 17.0 Å². The zero-order chi connectivity index (χ0) is 23.0. The predicted molar refractivity (Wildman–Crippen MR) is 101 cm³/mol. The highest BCUT2D eigenvalue weighted by Crippen LogP contribution is 2.33. The number of benzene rings is 1. The summed E-state index contributed by atoms with van der Waals surface area (Å²) in [5.74, 6) is 2.26. The second kappa shape index (κ2) is 8.48. The molecule has 0 amide bonds. The van der Waals surface area contributed by atoms with Crippen molar-refractivity contribution in [3.05, 3.63) is 41.7 Å². The number of imidazole rings is 1. The number of pyridine rings is 1. The Morgan fingerprint density at radius 1 is 1.19 bits per heavy atom. The van der Waals surface area contributed by atoms with Gasteiger partial charge < -0.3 is 26.7 Å². The average Bonchev–Trinajstić information content (AvgIpc) is 3.03. The lowest BCUT2D eigenvalue weighted by Crippen LogP contribution is -2.41. The van der Waals surface area contributed by atoms with Crippen molar-refractivity contribution in [2.24, 2.45) is 0 Å². The van der Waals surface area contributed by atoms with E-state index in [-0.39, 0.29) is 5.75 Å². The van der Waals surface area contributed by atoms with Crippen LogP contribution in [0.1, 0.15) is 11.3 Å². The second-order valence-corrected chi connectivity index (χ2v) is 7.27. The van der Waals surface area contributed by atoms with Crippen molar-refractivity contribution in [1.82, 2.24) is 8.96 Å². The van der Waals surface area contributed by atoms with Crippen LogP contribution in [0.5, 0.6) is 11.5 Å². The minimum Gasteiger partial charge on any atom is -0.497 e. The third-order valence-electron chi connectivity index (χ3n) is 4.21. The summed E-state index contributed by atoms with van der Waals surface area (Å²) in [4.78, 5) is 4.65. The van der Waals surface area contributed by atoms with E-state index in [0.717, 1.165) is 22.5 Å². The average molecular weight is 469 g/mol. The predicted octanol–water partition coefficient (Wildman–Crippen LogP) is 4.88. The highest BCUT2D eigenvalue weighted by atomic mass is 32.2. The van der Waals surface area contributed by atoms with E-state index in [4.69, 9.17) is 9.47 Å². The van der Waals surface area contributed by atoms with Gasteiger partial charge in [-0.1, -0.05) is 4.98 Å². The zero-order valence-electron chi connectivity index (χ0n) is 16.1. The first-order valence-electron chi connectivity index (χ1n) is 8.68. The molecule has 0 fully saturated rings. The standard InChI is InChI=1S/C17H15F3N3O2S.BF4/c1-10-14-8-26-23-13-7-11(24-2)3-4-12(13)21-16(23)22(14)6-5-15(10)25-9-17(18,19)20;2-1(3,4)5/h3-7H,8-9H2,1-2H3;/q+1;-1. The maximum Gasteiger partial charge on any atom is 0.673 e. The quantitative estimate of drug-likeness (QED) is 0.312. The number of ether oxygens (including phenoxy) is 2. The van der Waals surface area contributed by atoms with Gasteiger partial charge in [0.05, 0.1) is 19.1 Å². The Hall–Kier alpha value is -2.64. The second-order valence-electron chi connectivity index (χ2n) is 6.35. The van der Waals surface area contributed by atoms with E-state index >= 15 is 0 Å². The van der Waals surface area contributed by atoms with Crippen LogP contribution in [0.4, 0.5) is 30.4 Å². The van der Waals surface area contributed by atoms with E-state index in [2.05, 4.69) is 4.98 Å². The molecular formula is C17H15BF7N3O2S. The van der Waals surface area contributed by atoms with Gasteiger partial charge in [0.25, 0.3) is 0 Å². The fourth-order valence-electron chi connectivity index (χ4n) is 2.91. The topological polar surface area (TPSA) is 40.2 Å². The van der Waals surface area contributed by atoms with Gasteiger partial charge in [0.2, 0.25) is 0 Å². The number of fused-ring (bicyclic) bond motifs is 5. The van der Waals surface area contributed by atoms with Crippen LogP contribution in [-0.4, -0.2) is 36.1 Å². The number of nitrogens with zero attached hydrogens (tertiary/aromatic N) is 3. The molecule has 1 aromatic carbocycles. The van der Waals surface area contributed by atoms with Gasteiger partial charge in [-0.05, 0) is 19.1 Å². The van der Waals surface area contributed by atoms with Gasteiger partial charge in [0.15, 0.2) is 17.6 Å². The molecule has 0 spiro atoms. The molecule has 3 aromatic rings. The van der Waals surface area contributed by atoms with Crippen molar-refractivity contribution < 1.29 is 44.5 Å². The Morgan fingerprint density at radius 2 is 1.87 bits per heavy atom. The molecule has 0 unspecified atom stereocenters. The van der Waals surface area contributed by atoms with Crippen molar-refractivity contribution in [2.45, 2.75) is 18.9 Å². The summed E-state index contributed by atoms with van der Waals surface area (Å²) < 4.78 is 90.4. The molecule has 5 nitrogen and oxygen atoms in total. The van der Waals surface area contributed by atoms with Gasteiger partial charge >= 0.3 is 19.4 Å². The molecule has 3 heterocycles. The number of methoxy groups -OCH3 is 1. The van der Waals surface area contributed by atoms with Crippen molar-refractivity contribution in [1.29, 1.82) is 0 Å². The van der Waals surface area contributed by atoms with E-state index in [1.165, 1.54) is 11.9 Å². The molecule has 0 saturated carbocycles. The van der Waals surface area contributed by atoms with Crippen molar-refractivity contribution in [2.75, 3.05) is 13.7 Å².